The Balaban J connectivity index is 2.14. The third-order valence-corrected chi connectivity index (χ3v) is 3.98. The number of aliphatic hydroxyl groups is 1. The van der Waals surface area contributed by atoms with Crippen molar-refractivity contribution in [3.63, 3.8) is 0 Å². The molecule has 96 valence electrons. The van der Waals surface area contributed by atoms with E-state index in [4.69, 9.17) is 4.74 Å². The van der Waals surface area contributed by atoms with Gasteiger partial charge in [0.2, 0.25) is 0 Å². The van der Waals surface area contributed by atoms with E-state index in [9.17, 15) is 5.11 Å². The smallest absolute Gasteiger partial charge is 0.0569 e. The van der Waals surface area contributed by atoms with Crippen LogP contribution in [0.4, 0.5) is 0 Å². The van der Waals surface area contributed by atoms with Crippen LogP contribution in [0.1, 0.15) is 58.3 Å². The third kappa shape index (κ3) is 4.84. The summed E-state index contributed by atoms with van der Waals surface area (Å²) in [6.45, 7) is 3.05. The van der Waals surface area contributed by atoms with Crippen LogP contribution in [0, 0.1) is 11.8 Å². The molecule has 1 saturated carbocycles. The Labute approximate surface area is 100 Å². The van der Waals surface area contributed by atoms with Crippen molar-refractivity contribution in [3.05, 3.63) is 0 Å². The molecule has 0 saturated heterocycles. The summed E-state index contributed by atoms with van der Waals surface area (Å²) in [7, 11) is 1.72. The van der Waals surface area contributed by atoms with E-state index < -0.39 is 0 Å². The molecular formula is C14H28O2. The van der Waals surface area contributed by atoms with Crippen LogP contribution in [-0.2, 0) is 4.74 Å². The molecule has 1 rings (SSSR count). The first-order valence-corrected chi connectivity index (χ1v) is 6.95. The molecule has 0 radical (unpaired) electrons. The van der Waals surface area contributed by atoms with E-state index >= 15 is 0 Å². The van der Waals surface area contributed by atoms with Gasteiger partial charge in [0.25, 0.3) is 0 Å². The fourth-order valence-corrected chi connectivity index (χ4v) is 2.94. The predicted octanol–water partition coefficient (Wildman–Crippen LogP) is 3.38. The Morgan fingerprint density at radius 3 is 2.50 bits per heavy atom. The molecule has 0 aliphatic heterocycles. The molecule has 1 aliphatic rings. The average Bonchev–Trinajstić information content (AvgIpc) is 2.30. The predicted molar refractivity (Wildman–Crippen MR) is 67.5 cm³/mol. The first-order valence-electron chi connectivity index (χ1n) is 6.95. The number of methoxy groups -OCH3 is 1. The molecule has 1 atom stereocenters. The minimum Gasteiger partial charge on any atom is -0.393 e. The Morgan fingerprint density at radius 2 is 1.94 bits per heavy atom. The highest BCUT2D eigenvalue weighted by molar-refractivity contribution is 4.77. The van der Waals surface area contributed by atoms with Crippen molar-refractivity contribution < 1.29 is 9.84 Å². The van der Waals surface area contributed by atoms with E-state index in [1.807, 2.05) is 0 Å². The minimum absolute atomic E-state index is 0.0854. The quantitative estimate of drug-likeness (QED) is 0.677. The van der Waals surface area contributed by atoms with Crippen molar-refractivity contribution in [2.24, 2.45) is 11.8 Å². The fraction of sp³-hybridized carbons (Fsp3) is 1.00. The summed E-state index contributed by atoms with van der Waals surface area (Å²) in [5.41, 5.74) is 0. The van der Waals surface area contributed by atoms with Crippen molar-refractivity contribution in [3.8, 4) is 0 Å². The van der Waals surface area contributed by atoms with Crippen LogP contribution in [0.25, 0.3) is 0 Å². The molecule has 1 unspecified atom stereocenters. The van der Waals surface area contributed by atoms with Gasteiger partial charge >= 0.3 is 0 Å². The van der Waals surface area contributed by atoms with Crippen molar-refractivity contribution in [1.29, 1.82) is 0 Å². The fourth-order valence-electron chi connectivity index (χ4n) is 2.94. The highest BCUT2D eigenvalue weighted by atomic mass is 16.5. The van der Waals surface area contributed by atoms with E-state index in [0.29, 0.717) is 5.92 Å². The van der Waals surface area contributed by atoms with Crippen molar-refractivity contribution >= 4 is 0 Å². The summed E-state index contributed by atoms with van der Waals surface area (Å²) in [4.78, 5) is 0. The Hall–Kier alpha value is -0.0800. The molecule has 2 nitrogen and oxygen atoms in total. The van der Waals surface area contributed by atoms with Gasteiger partial charge < -0.3 is 9.84 Å². The van der Waals surface area contributed by atoms with E-state index in [0.717, 1.165) is 25.4 Å². The monoisotopic (exact) mass is 228 g/mol. The molecule has 1 N–H and O–H groups in total. The number of rotatable bonds is 7. The van der Waals surface area contributed by atoms with Crippen LogP contribution in [0.5, 0.6) is 0 Å². The first kappa shape index (κ1) is 14.0. The van der Waals surface area contributed by atoms with Gasteiger partial charge in [-0.15, -0.1) is 0 Å². The zero-order chi connectivity index (χ0) is 11.8. The summed E-state index contributed by atoms with van der Waals surface area (Å²) >= 11 is 0. The molecule has 1 fully saturated rings. The van der Waals surface area contributed by atoms with E-state index in [2.05, 4.69) is 6.92 Å². The molecule has 16 heavy (non-hydrogen) atoms. The lowest BCUT2D eigenvalue weighted by atomic mass is 9.77. The number of hydrogen-bond donors (Lipinski definition) is 1. The van der Waals surface area contributed by atoms with Crippen molar-refractivity contribution in [2.75, 3.05) is 13.7 Å². The summed E-state index contributed by atoms with van der Waals surface area (Å²) < 4.78 is 5.02. The van der Waals surface area contributed by atoms with E-state index in [1.54, 1.807) is 7.11 Å². The van der Waals surface area contributed by atoms with Crippen molar-refractivity contribution in [1.82, 2.24) is 0 Å². The van der Waals surface area contributed by atoms with Crippen LogP contribution in [0.2, 0.25) is 0 Å². The molecular weight excluding hydrogens is 200 g/mol. The Kier molecular flexibility index (Phi) is 7.06. The summed E-state index contributed by atoms with van der Waals surface area (Å²) in [5, 5.41) is 10.1. The Bertz CT molecular complexity index is 162. The van der Waals surface area contributed by atoms with Gasteiger partial charge in [0.15, 0.2) is 0 Å². The first-order chi connectivity index (χ1) is 7.77. The second kappa shape index (κ2) is 8.08. The highest BCUT2D eigenvalue weighted by Crippen LogP contribution is 2.34. The largest absolute Gasteiger partial charge is 0.393 e. The van der Waals surface area contributed by atoms with Gasteiger partial charge in [-0.2, -0.15) is 0 Å². The third-order valence-electron chi connectivity index (χ3n) is 3.98. The maximum absolute atomic E-state index is 10.1. The van der Waals surface area contributed by atoms with Gasteiger partial charge in [-0.1, -0.05) is 32.6 Å². The molecule has 0 aromatic heterocycles. The number of hydrogen-bond acceptors (Lipinski definition) is 2. The summed E-state index contributed by atoms with van der Waals surface area (Å²) in [6.07, 6.45) is 9.65. The van der Waals surface area contributed by atoms with Gasteiger partial charge in [0, 0.05) is 13.7 Å². The number of ether oxygens (including phenoxy) is 1. The molecule has 0 heterocycles. The molecule has 2 heteroatoms. The lowest BCUT2D eigenvalue weighted by Crippen LogP contribution is -2.26. The Morgan fingerprint density at radius 1 is 1.25 bits per heavy atom. The zero-order valence-electron chi connectivity index (χ0n) is 11.0. The molecule has 0 amide bonds. The molecule has 0 aromatic carbocycles. The lowest BCUT2D eigenvalue weighted by molar-refractivity contribution is 0.0570. The average molecular weight is 228 g/mol. The minimum atomic E-state index is -0.0854. The van der Waals surface area contributed by atoms with Gasteiger partial charge in [-0.3, -0.25) is 0 Å². The summed E-state index contributed by atoms with van der Waals surface area (Å²) in [5.74, 6) is 1.50. The standard InChI is InChI=1S/C14H28O2/c1-3-5-12-7-9-13(10-8-12)14(15)6-4-11-16-2/h12-15H,3-11H2,1-2H3. The maximum atomic E-state index is 10.1. The van der Waals surface area contributed by atoms with Gasteiger partial charge in [0.05, 0.1) is 6.10 Å². The van der Waals surface area contributed by atoms with E-state index in [1.165, 1.54) is 38.5 Å². The maximum Gasteiger partial charge on any atom is 0.0569 e. The molecule has 0 aromatic rings. The van der Waals surface area contributed by atoms with Gasteiger partial charge in [-0.05, 0) is 37.5 Å². The topological polar surface area (TPSA) is 29.5 Å². The van der Waals surface area contributed by atoms with Crippen LogP contribution in [-0.4, -0.2) is 24.9 Å². The van der Waals surface area contributed by atoms with E-state index in [-0.39, 0.29) is 6.10 Å². The van der Waals surface area contributed by atoms with Gasteiger partial charge in [0.1, 0.15) is 0 Å². The van der Waals surface area contributed by atoms with Crippen LogP contribution in [0.15, 0.2) is 0 Å². The summed E-state index contributed by atoms with van der Waals surface area (Å²) in [6, 6.07) is 0. The normalized spacial score (nSPS) is 27.9. The highest BCUT2D eigenvalue weighted by Gasteiger charge is 2.25. The lowest BCUT2D eigenvalue weighted by Gasteiger charge is -2.31. The van der Waals surface area contributed by atoms with Gasteiger partial charge in [-0.25, -0.2) is 0 Å². The van der Waals surface area contributed by atoms with Crippen LogP contribution < -0.4 is 0 Å². The van der Waals surface area contributed by atoms with Crippen molar-refractivity contribution in [2.45, 2.75) is 64.4 Å². The van der Waals surface area contributed by atoms with Crippen LogP contribution >= 0.6 is 0 Å². The molecule has 0 spiro atoms. The zero-order valence-corrected chi connectivity index (χ0v) is 11.0. The van der Waals surface area contributed by atoms with Crippen LogP contribution in [0.3, 0.4) is 0 Å². The number of aliphatic hydroxyl groups excluding tert-OH is 1. The molecule has 1 aliphatic carbocycles. The second-order valence-corrected chi connectivity index (χ2v) is 5.27. The molecule has 0 bridgehead atoms. The SMILES string of the molecule is CCCC1CCC(C(O)CCCOC)CC1. The second-order valence-electron chi connectivity index (χ2n) is 5.27.